The molecule has 114 valence electrons. The normalized spacial score (nSPS) is 12.0. The second-order valence-corrected chi connectivity index (χ2v) is 6.15. The number of nitrogens with one attached hydrogen (secondary N) is 2. The standard InChI is InChI=1S/C12H22N4O3S/c1-4-6-16(7-8-17)20(18,19)12-10(3)14-15-11(12)9-13-5-2/h4,13,17H,1,5-9H2,2-3H3,(H,14,15). The van der Waals surface area contributed by atoms with E-state index in [9.17, 15) is 8.42 Å². The van der Waals surface area contributed by atoms with E-state index in [-0.39, 0.29) is 24.6 Å². The molecule has 1 aromatic rings. The molecule has 20 heavy (non-hydrogen) atoms. The topological polar surface area (TPSA) is 98.3 Å². The van der Waals surface area contributed by atoms with Crippen LogP contribution in [0.2, 0.25) is 0 Å². The van der Waals surface area contributed by atoms with Crippen LogP contribution in [0.25, 0.3) is 0 Å². The molecule has 0 bridgehead atoms. The van der Waals surface area contributed by atoms with Gasteiger partial charge >= 0.3 is 0 Å². The first kappa shape index (κ1) is 16.8. The Hall–Kier alpha value is -1.22. The minimum atomic E-state index is -3.71. The van der Waals surface area contributed by atoms with Crippen LogP contribution in [0.3, 0.4) is 0 Å². The fourth-order valence-corrected chi connectivity index (χ4v) is 3.60. The molecular weight excluding hydrogens is 280 g/mol. The molecule has 1 heterocycles. The lowest BCUT2D eigenvalue weighted by atomic mass is 10.3. The third-order valence-electron chi connectivity index (χ3n) is 2.78. The summed E-state index contributed by atoms with van der Waals surface area (Å²) >= 11 is 0. The molecule has 1 rings (SSSR count). The third kappa shape index (κ3) is 3.66. The van der Waals surface area contributed by atoms with Crippen molar-refractivity contribution in [3.05, 3.63) is 24.0 Å². The maximum atomic E-state index is 12.7. The molecule has 0 aliphatic rings. The number of sulfonamides is 1. The number of aryl methyl sites for hydroxylation is 1. The van der Waals surface area contributed by atoms with Crippen molar-refractivity contribution in [1.29, 1.82) is 0 Å². The summed E-state index contributed by atoms with van der Waals surface area (Å²) in [7, 11) is -3.71. The number of aliphatic hydroxyl groups excluding tert-OH is 1. The van der Waals surface area contributed by atoms with Gasteiger partial charge in [0, 0.05) is 19.6 Å². The van der Waals surface area contributed by atoms with E-state index in [0.29, 0.717) is 17.9 Å². The average Bonchev–Trinajstić information content (AvgIpc) is 2.78. The Morgan fingerprint density at radius 2 is 2.25 bits per heavy atom. The highest BCUT2D eigenvalue weighted by atomic mass is 32.2. The van der Waals surface area contributed by atoms with Crippen molar-refractivity contribution in [2.75, 3.05) is 26.2 Å². The molecule has 0 aromatic carbocycles. The molecule has 0 saturated heterocycles. The molecule has 7 nitrogen and oxygen atoms in total. The molecular formula is C12H22N4O3S. The van der Waals surface area contributed by atoms with Crippen molar-refractivity contribution in [3.8, 4) is 0 Å². The summed E-state index contributed by atoms with van der Waals surface area (Å²) in [6.45, 7) is 8.17. The van der Waals surface area contributed by atoms with E-state index in [1.807, 2.05) is 6.92 Å². The minimum absolute atomic E-state index is 0.0274. The van der Waals surface area contributed by atoms with Gasteiger partial charge in [-0.3, -0.25) is 5.10 Å². The zero-order chi connectivity index (χ0) is 15.2. The van der Waals surface area contributed by atoms with Crippen LogP contribution in [-0.4, -0.2) is 54.3 Å². The van der Waals surface area contributed by atoms with Crippen molar-refractivity contribution in [2.45, 2.75) is 25.3 Å². The van der Waals surface area contributed by atoms with Gasteiger partial charge in [0.05, 0.1) is 18.0 Å². The number of nitrogens with zero attached hydrogens (tertiary/aromatic N) is 2. The summed E-state index contributed by atoms with van der Waals surface area (Å²) in [5, 5.41) is 18.8. The third-order valence-corrected chi connectivity index (χ3v) is 4.85. The summed E-state index contributed by atoms with van der Waals surface area (Å²) in [4.78, 5) is 0.175. The number of aliphatic hydroxyl groups is 1. The molecule has 0 aliphatic carbocycles. The molecule has 8 heteroatoms. The predicted molar refractivity (Wildman–Crippen MR) is 76.7 cm³/mol. The summed E-state index contributed by atoms with van der Waals surface area (Å²) in [6.07, 6.45) is 1.49. The molecule has 1 aromatic heterocycles. The van der Waals surface area contributed by atoms with Gasteiger partial charge in [0.2, 0.25) is 10.0 Å². The summed E-state index contributed by atoms with van der Waals surface area (Å²) in [5.41, 5.74) is 0.946. The van der Waals surface area contributed by atoms with Gasteiger partial charge in [-0.05, 0) is 13.5 Å². The zero-order valence-electron chi connectivity index (χ0n) is 11.9. The lowest BCUT2D eigenvalue weighted by Crippen LogP contribution is -2.34. The highest BCUT2D eigenvalue weighted by Gasteiger charge is 2.29. The molecule has 0 unspecified atom stereocenters. The molecule has 0 spiro atoms. The van der Waals surface area contributed by atoms with Gasteiger partial charge < -0.3 is 10.4 Å². The van der Waals surface area contributed by atoms with Crippen molar-refractivity contribution in [1.82, 2.24) is 19.8 Å². The summed E-state index contributed by atoms with van der Waals surface area (Å²) < 4.78 is 26.5. The van der Waals surface area contributed by atoms with E-state index in [1.54, 1.807) is 6.92 Å². The Kier molecular flexibility index (Phi) is 6.34. The van der Waals surface area contributed by atoms with Crippen LogP contribution >= 0.6 is 0 Å². The molecule has 0 fully saturated rings. The van der Waals surface area contributed by atoms with E-state index >= 15 is 0 Å². The summed E-state index contributed by atoms with van der Waals surface area (Å²) in [5.74, 6) is 0. The SMILES string of the molecule is C=CCN(CCO)S(=O)(=O)c1c(CNCC)n[nH]c1C. The van der Waals surface area contributed by atoms with Gasteiger partial charge in [0.15, 0.2) is 0 Å². The van der Waals surface area contributed by atoms with E-state index in [4.69, 9.17) is 5.11 Å². The molecule has 0 atom stereocenters. The highest BCUT2D eigenvalue weighted by Crippen LogP contribution is 2.22. The fraction of sp³-hybridized carbons (Fsp3) is 0.583. The van der Waals surface area contributed by atoms with Crippen molar-refractivity contribution < 1.29 is 13.5 Å². The first-order valence-corrected chi connectivity index (χ1v) is 7.89. The number of aromatic amines is 1. The van der Waals surface area contributed by atoms with Crippen LogP contribution in [-0.2, 0) is 16.6 Å². The minimum Gasteiger partial charge on any atom is -0.395 e. The number of hydrogen-bond acceptors (Lipinski definition) is 5. The molecule has 3 N–H and O–H groups in total. The Balaban J connectivity index is 3.18. The monoisotopic (exact) mass is 302 g/mol. The molecule has 0 amide bonds. The first-order valence-electron chi connectivity index (χ1n) is 6.45. The van der Waals surface area contributed by atoms with Crippen LogP contribution in [0.5, 0.6) is 0 Å². The number of aromatic nitrogens is 2. The van der Waals surface area contributed by atoms with Crippen LogP contribution < -0.4 is 5.32 Å². The van der Waals surface area contributed by atoms with Crippen LogP contribution in [0.4, 0.5) is 0 Å². The fourth-order valence-electron chi connectivity index (χ4n) is 1.87. The highest BCUT2D eigenvalue weighted by molar-refractivity contribution is 7.89. The molecule has 0 radical (unpaired) electrons. The van der Waals surface area contributed by atoms with Gasteiger partial charge in [-0.25, -0.2) is 8.42 Å². The largest absolute Gasteiger partial charge is 0.395 e. The van der Waals surface area contributed by atoms with Gasteiger partial charge in [0.1, 0.15) is 4.90 Å². The Morgan fingerprint density at radius 3 is 2.80 bits per heavy atom. The van der Waals surface area contributed by atoms with E-state index in [2.05, 4.69) is 22.1 Å². The predicted octanol–water partition coefficient (Wildman–Crippen LogP) is -0.00338. The van der Waals surface area contributed by atoms with Gasteiger partial charge in [-0.15, -0.1) is 6.58 Å². The Bertz CT molecular complexity index is 539. The van der Waals surface area contributed by atoms with Crippen molar-refractivity contribution in [3.63, 3.8) is 0 Å². The lowest BCUT2D eigenvalue weighted by Gasteiger charge is -2.20. The maximum Gasteiger partial charge on any atom is 0.247 e. The summed E-state index contributed by atoms with van der Waals surface area (Å²) in [6, 6.07) is 0. The van der Waals surface area contributed by atoms with Crippen LogP contribution in [0.15, 0.2) is 17.6 Å². The second kappa shape index (κ2) is 7.53. The Morgan fingerprint density at radius 1 is 1.55 bits per heavy atom. The van der Waals surface area contributed by atoms with E-state index < -0.39 is 10.0 Å². The van der Waals surface area contributed by atoms with Gasteiger partial charge in [0.25, 0.3) is 0 Å². The van der Waals surface area contributed by atoms with E-state index in [0.717, 1.165) is 6.54 Å². The van der Waals surface area contributed by atoms with Crippen molar-refractivity contribution >= 4 is 10.0 Å². The van der Waals surface area contributed by atoms with E-state index in [1.165, 1.54) is 10.4 Å². The molecule has 0 saturated carbocycles. The van der Waals surface area contributed by atoms with Crippen LogP contribution in [0, 0.1) is 6.92 Å². The zero-order valence-corrected chi connectivity index (χ0v) is 12.7. The smallest absolute Gasteiger partial charge is 0.247 e. The maximum absolute atomic E-state index is 12.7. The Labute approximate surface area is 119 Å². The van der Waals surface area contributed by atoms with Crippen LogP contribution in [0.1, 0.15) is 18.3 Å². The second-order valence-electron chi connectivity index (χ2n) is 4.28. The van der Waals surface area contributed by atoms with Crippen molar-refractivity contribution in [2.24, 2.45) is 0 Å². The molecule has 0 aliphatic heterocycles. The first-order chi connectivity index (χ1) is 9.48. The number of H-pyrrole nitrogens is 1. The number of hydrogen-bond donors (Lipinski definition) is 3. The number of rotatable bonds is 9. The van der Waals surface area contributed by atoms with Gasteiger partial charge in [-0.1, -0.05) is 13.0 Å². The average molecular weight is 302 g/mol. The van der Waals surface area contributed by atoms with Gasteiger partial charge in [-0.2, -0.15) is 9.40 Å². The lowest BCUT2D eigenvalue weighted by molar-refractivity contribution is 0.260. The quantitative estimate of drug-likeness (QED) is 0.558.